The lowest BCUT2D eigenvalue weighted by molar-refractivity contribution is 0.434. The van der Waals surface area contributed by atoms with Crippen molar-refractivity contribution in [2.45, 2.75) is 51.6 Å². The Morgan fingerprint density at radius 2 is 2.12 bits per heavy atom. The van der Waals surface area contributed by atoms with Crippen LogP contribution in [0, 0.1) is 0 Å². The van der Waals surface area contributed by atoms with Crippen LogP contribution in [0.5, 0.6) is 0 Å². The number of anilines is 1. The predicted octanol–water partition coefficient (Wildman–Crippen LogP) is 3.30. The van der Waals surface area contributed by atoms with Crippen LogP contribution in [0.25, 0.3) is 0 Å². The Kier molecular flexibility index (Phi) is 4.43. The van der Waals surface area contributed by atoms with Gasteiger partial charge in [-0.25, -0.2) is 0 Å². The zero-order chi connectivity index (χ0) is 12.1. The number of hydrogen-bond acceptors (Lipinski definition) is 2. The number of para-hydroxylation sites is 1. The molecule has 0 aliphatic carbocycles. The molecule has 2 rings (SSSR count). The van der Waals surface area contributed by atoms with E-state index in [0.29, 0.717) is 6.54 Å². The third-order valence-electron chi connectivity index (χ3n) is 3.77. The smallest absolute Gasteiger partial charge is 0.0414 e. The Morgan fingerprint density at radius 3 is 2.88 bits per heavy atom. The number of hydrogen-bond donors (Lipinski definition) is 1. The average molecular weight is 232 g/mol. The van der Waals surface area contributed by atoms with E-state index in [1.165, 1.54) is 49.9 Å². The molecule has 2 nitrogen and oxygen atoms in total. The standard InChI is InChI=1S/C15H24N2/c1-2-7-14-9-5-6-11-17(14)15-10-4-3-8-13(15)12-16/h3-4,8,10,14H,2,5-7,9,11-12,16H2,1H3. The van der Waals surface area contributed by atoms with E-state index < -0.39 is 0 Å². The zero-order valence-corrected chi connectivity index (χ0v) is 10.9. The Labute approximate surface area is 105 Å². The van der Waals surface area contributed by atoms with Gasteiger partial charge in [0, 0.05) is 24.8 Å². The second-order valence-corrected chi connectivity index (χ2v) is 4.96. The molecule has 1 aliphatic heterocycles. The van der Waals surface area contributed by atoms with Crippen LogP contribution in [0.1, 0.15) is 44.6 Å². The molecule has 94 valence electrons. The molecule has 1 aromatic carbocycles. The van der Waals surface area contributed by atoms with E-state index in [1.54, 1.807) is 0 Å². The third-order valence-corrected chi connectivity index (χ3v) is 3.77. The number of piperidine rings is 1. The molecule has 1 aromatic rings. The van der Waals surface area contributed by atoms with Crippen molar-refractivity contribution in [3.05, 3.63) is 29.8 Å². The van der Waals surface area contributed by atoms with Gasteiger partial charge in [0.2, 0.25) is 0 Å². The SMILES string of the molecule is CCCC1CCCCN1c1ccccc1CN. The molecule has 1 unspecified atom stereocenters. The minimum atomic E-state index is 0.644. The van der Waals surface area contributed by atoms with Crippen LogP contribution in [-0.2, 0) is 6.54 Å². The van der Waals surface area contributed by atoms with Crippen molar-refractivity contribution in [2.24, 2.45) is 5.73 Å². The average Bonchev–Trinajstić information content (AvgIpc) is 2.40. The van der Waals surface area contributed by atoms with E-state index >= 15 is 0 Å². The lowest BCUT2D eigenvalue weighted by atomic mass is 9.96. The lowest BCUT2D eigenvalue weighted by Gasteiger charge is -2.38. The van der Waals surface area contributed by atoms with Crippen molar-refractivity contribution < 1.29 is 0 Å². The van der Waals surface area contributed by atoms with Gasteiger partial charge in [0.05, 0.1) is 0 Å². The van der Waals surface area contributed by atoms with Crippen LogP contribution in [0.2, 0.25) is 0 Å². The fraction of sp³-hybridized carbons (Fsp3) is 0.600. The van der Waals surface area contributed by atoms with E-state index in [9.17, 15) is 0 Å². The van der Waals surface area contributed by atoms with Gasteiger partial charge < -0.3 is 10.6 Å². The van der Waals surface area contributed by atoms with Gasteiger partial charge in [-0.15, -0.1) is 0 Å². The molecule has 0 aromatic heterocycles. The van der Waals surface area contributed by atoms with Crippen LogP contribution in [0.15, 0.2) is 24.3 Å². The second-order valence-electron chi connectivity index (χ2n) is 4.96. The summed E-state index contributed by atoms with van der Waals surface area (Å²) in [5.74, 6) is 0. The largest absolute Gasteiger partial charge is 0.368 e. The second kappa shape index (κ2) is 6.06. The maximum atomic E-state index is 5.85. The quantitative estimate of drug-likeness (QED) is 0.863. The Morgan fingerprint density at radius 1 is 1.29 bits per heavy atom. The molecule has 2 N–H and O–H groups in total. The van der Waals surface area contributed by atoms with E-state index in [1.807, 2.05) is 0 Å². The normalized spacial score (nSPS) is 20.6. The van der Waals surface area contributed by atoms with Crippen LogP contribution in [0.3, 0.4) is 0 Å². The van der Waals surface area contributed by atoms with Crippen molar-refractivity contribution in [1.29, 1.82) is 0 Å². The fourth-order valence-electron chi connectivity index (χ4n) is 2.91. The van der Waals surface area contributed by atoms with Crippen LogP contribution < -0.4 is 10.6 Å². The molecule has 0 radical (unpaired) electrons. The minimum Gasteiger partial charge on any atom is -0.368 e. The van der Waals surface area contributed by atoms with Crippen molar-refractivity contribution in [1.82, 2.24) is 0 Å². The predicted molar refractivity (Wildman–Crippen MR) is 74.2 cm³/mol. The fourth-order valence-corrected chi connectivity index (χ4v) is 2.91. The summed E-state index contributed by atoms with van der Waals surface area (Å²) >= 11 is 0. The van der Waals surface area contributed by atoms with E-state index in [4.69, 9.17) is 5.73 Å². The Hall–Kier alpha value is -1.02. The van der Waals surface area contributed by atoms with E-state index in [-0.39, 0.29) is 0 Å². The van der Waals surface area contributed by atoms with Crippen molar-refractivity contribution in [3.8, 4) is 0 Å². The topological polar surface area (TPSA) is 29.3 Å². The van der Waals surface area contributed by atoms with Gasteiger partial charge in [-0.05, 0) is 37.3 Å². The third kappa shape index (κ3) is 2.81. The monoisotopic (exact) mass is 232 g/mol. The highest BCUT2D eigenvalue weighted by Gasteiger charge is 2.22. The molecular weight excluding hydrogens is 208 g/mol. The molecule has 0 spiro atoms. The van der Waals surface area contributed by atoms with Gasteiger partial charge in [-0.2, -0.15) is 0 Å². The maximum Gasteiger partial charge on any atom is 0.0414 e. The van der Waals surface area contributed by atoms with Crippen LogP contribution >= 0.6 is 0 Å². The molecular formula is C15H24N2. The summed E-state index contributed by atoms with van der Waals surface area (Å²) in [5, 5.41) is 0. The summed E-state index contributed by atoms with van der Waals surface area (Å²) in [6, 6.07) is 9.33. The highest BCUT2D eigenvalue weighted by Crippen LogP contribution is 2.29. The maximum absolute atomic E-state index is 5.85. The summed E-state index contributed by atoms with van der Waals surface area (Å²) in [4.78, 5) is 2.59. The first-order valence-electron chi connectivity index (χ1n) is 6.91. The molecule has 1 heterocycles. The highest BCUT2D eigenvalue weighted by atomic mass is 15.2. The van der Waals surface area contributed by atoms with E-state index in [2.05, 4.69) is 36.1 Å². The number of rotatable bonds is 4. The molecule has 0 saturated carbocycles. The van der Waals surface area contributed by atoms with Gasteiger partial charge in [0.15, 0.2) is 0 Å². The lowest BCUT2D eigenvalue weighted by Crippen LogP contribution is -2.40. The molecule has 0 bridgehead atoms. The van der Waals surface area contributed by atoms with Gasteiger partial charge >= 0.3 is 0 Å². The van der Waals surface area contributed by atoms with Gasteiger partial charge in [0.25, 0.3) is 0 Å². The number of benzene rings is 1. The van der Waals surface area contributed by atoms with Gasteiger partial charge in [-0.3, -0.25) is 0 Å². The first-order valence-corrected chi connectivity index (χ1v) is 6.91. The summed E-state index contributed by atoms with van der Waals surface area (Å²) < 4.78 is 0. The number of nitrogens with zero attached hydrogens (tertiary/aromatic N) is 1. The van der Waals surface area contributed by atoms with Gasteiger partial charge in [0.1, 0.15) is 0 Å². The zero-order valence-electron chi connectivity index (χ0n) is 10.9. The van der Waals surface area contributed by atoms with Crippen molar-refractivity contribution in [2.75, 3.05) is 11.4 Å². The first kappa shape index (κ1) is 12.4. The van der Waals surface area contributed by atoms with Crippen molar-refractivity contribution >= 4 is 5.69 Å². The summed E-state index contributed by atoms with van der Waals surface area (Å²) in [5.41, 5.74) is 8.51. The highest BCUT2D eigenvalue weighted by molar-refractivity contribution is 5.54. The molecule has 0 amide bonds. The molecule has 1 aliphatic rings. The summed E-state index contributed by atoms with van der Waals surface area (Å²) in [7, 11) is 0. The first-order chi connectivity index (χ1) is 8.36. The molecule has 1 fully saturated rings. The van der Waals surface area contributed by atoms with Crippen LogP contribution in [0.4, 0.5) is 5.69 Å². The van der Waals surface area contributed by atoms with Crippen LogP contribution in [-0.4, -0.2) is 12.6 Å². The molecule has 1 saturated heterocycles. The minimum absolute atomic E-state index is 0.644. The Balaban J connectivity index is 2.22. The van der Waals surface area contributed by atoms with Gasteiger partial charge in [-0.1, -0.05) is 31.5 Å². The number of nitrogens with two attached hydrogens (primary N) is 1. The molecule has 17 heavy (non-hydrogen) atoms. The summed E-state index contributed by atoms with van der Waals surface area (Å²) in [6.45, 7) is 4.12. The summed E-state index contributed by atoms with van der Waals surface area (Å²) in [6.07, 6.45) is 6.61. The molecule has 1 atom stereocenters. The van der Waals surface area contributed by atoms with Crippen molar-refractivity contribution in [3.63, 3.8) is 0 Å². The van der Waals surface area contributed by atoms with E-state index in [0.717, 1.165) is 6.04 Å². The Bertz CT molecular complexity index is 347. The molecule has 2 heteroatoms.